The van der Waals surface area contributed by atoms with Gasteiger partial charge < -0.3 is 9.52 Å². The molecule has 0 fully saturated rings. The molecule has 1 N–H and O–H groups in total. The number of carbonyl (C=O) groups excluding carboxylic acids is 1. The quantitative estimate of drug-likeness (QED) is 0.586. The standard InChI is InChI=1S/C12H10O4/c1-6-4-10(14)16-12-8(6)3-7(2)11(15)9(12)5-13/h3-5,15H,1-2H3. The highest BCUT2D eigenvalue weighted by Crippen LogP contribution is 2.30. The van der Waals surface area contributed by atoms with Crippen molar-refractivity contribution in [2.45, 2.75) is 13.8 Å². The Kier molecular flexibility index (Phi) is 2.27. The zero-order valence-electron chi connectivity index (χ0n) is 8.90. The Morgan fingerprint density at radius 2 is 1.94 bits per heavy atom. The largest absolute Gasteiger partial charge is 0.507 e. The van der Waals surface area contributed by atoms with Gasteiger partial charge in [0, 0.05) is 11.5 Å². The van der Waals surface area contributed by atoms with Crippen LogP contribution in [0.15, 0.2) is 21.3 Å². The molecule has 1 aromatic carbocycles. The Bertz CT molecular complexity index is 637. The average Bonchev–Trinajstić information content (AvgIpc) is 2.22. The maximum atomic E-state index is 11.2. The highest BCUT2D eigenvalue weighted by atomic mass is 16.4. The van der Waals surface area contributed by atoms with Crippen molar-refractivity contribution in [3.8, 4) is 5.75 Å². The number of aryl methyl sites for hydroxylation is 2. The molecule has 4 nitrogen and oxygen atoms in total. The van der Waals surface area contributed by atoms with E-state index in [1.165, 1.54) is 6.07 Å². The van der Waals surface area contributed by atoms with Crippen LogP contribution >= 0.6 is 0 Å². The molecular weight excluding hydrogens is 208 g/mol. The zero-order chi connectivity index (χ0) is 11.9. The van der Waals surface area contributed by atoms with Crippen LogP contribution in [0.5, 0.6) is 5.75 Å². The number of phenolic OH excluding ortho intramolecular Hbond substituents is 1. The fraction of sp³-hybridized carbons (Fsp3) is 0.167. The summed E-state index contributed by atoms with van der Waals surface area (Å²) in [6, 6.07) is 3.04. The van der Waals surface area contributed by atoms with Crippen LogP contribution in [0, 0.1) is 13.8 Å². The third kappa shape index (κ3) is 1.39. The summed E-state index contributed by atoms with van der Waals surface area (Å²) in [4.78, 5) is 22.1. The van der Waals surface area contributed by atoms with E-state index in [1.807, 2.05) is 0 Å². The molecule has 2 rings (SSSR count). The van der Waals surface area contributed by atoms with Crippen LogP contribution in [0.4, 0.5) is 0 Å². The summed E-state index contributed by atoms with van der Waals surface area (Å²) < 4.78 is 4.95. The van der Waals surface area contributed by atoms with Crippen molar-refractivity contribution in [1.29, 1.82) is 0 Å². The van der Waals surface area contributed by atoms with Gasteiger partial charge in [0.15, 0.2) is 11.9 Å². The summed E-state index contributed by atoms with van der Waals surface area (Å²) in [5.41, 5.74) is 0.930. The van der Waals surface area contributed by atoms with Crippen molar-refractivity contribution in [2.24, 2.45) is 0 Å². The molecule has 0 aliphatic rings. The van der Waals surface area contributed by atoms with Gasteiger partial charge in [-0.3, -0.25) is 4.79 Å². The maximum absolute atomic E-state index is 11.2. The van der Waals surface area contributed by atoms with E-state index in [9.17, 15) is 14.7 Å². The van der Waals surface area contributed by atoms with Crippen LogP contribution in [0.3, 0.4) is 0 Å². The van der Waals surface area contributed by atoms with Gasteiger partial charge in [-0.15, -0.1) is 0 Å². The van der Waals surface area contributed by atoms with Crippen LogP contribution in [-0.2, 0) is 0 Å². The highest BCUT2D eigenvalue weighted by Gasteiger charge is 2.13. The van der Waals surface area contributed by atoms with Crippen LogP contribution in [0.1, 0.15) is 21.5 Å². The second-order valence-electron chi connectivity index (χ2n) is 3.70. The Hall–Kier alpha value is -2.10. The van der Waals surface area contributed by atoms with E-state index in [0.717, 1.165) is 5.56 Å². The smallest absolute Gasteiger partial charge is 0.336 e. The molecule has 0 atom stereocenters. The molecule has 2 aromatic rings. The summed E-state index contributed by atoms with van der Waals surface area (Å²) in [6.45, 7) is 3.44. The molecule has 16 heavy (non-hydrogen) atoms. The van der Waals surface area contributed by atoms with Crippen molar-refractivity contribution in [3.05, 3.63) is 39.2 Å². The number of carbonyl (C=O) groups is 1. The second-order valence-corrected chi connectivity index (χ2v) is 3.70. The summed E-state index contributed by atoms with van der Waals surface area (Å²) in [5.74, 6) is -0.142. The van der Waals surface area contributed by atoms with E-state index in [1.54, 1.807) is 19.9 Å². The first kappa shape index (κ1) is 10.4. The van der Waals surface area contributed by atoms with Gasteiger partial charge in [-0.05, 0) is 31.0 Å². The molecule has 82 valence electrons. The van der Waals surface area contributed by atoms with E-state index < -0.39 is 5.63 Å². The van der Waals surface area contributed by atoms with Gasteiger partial charge in [0.2, 0.25) is 0 Å². The van der Waals surface area contributed by atoms with Crippen LogP contribution in [0.25, 0.3) is 11.0 Å². The molecule has 0 spiro atoms. The van der Waals surface area contributed by atoms with E-state index in [0.29, 0.717) is 17.2 Å². The van der Waals surface area contributed by atoms with Crippen molar-refractivity contribution >= 4 is 17.3 Å². The molecule has 1 heterocycles. The highest BCUT2D eigenvalue weighted by molar-refractivity contribution is 5.99. The third-order valence-electron chi connectivity index (χ3n) is 2.56. The number of benzene rings is 1. The van der Waals surface area contributed by atoms with Gasteiger partial charge in [-0.25, -0.2) is 4.79 Å². The minimum atomic E-state index is -0.531. The molecule has 0 saturated carbocycles. The van der Waals surface area contributed by atoms with Crippen molar-refractivity contribution in [3.63, 3.8) is 0 Å². The lowest BCUT2D eigenvalue weighted by atomic mass is 10.0. The summed E-state index contributed by atoms with van der Waals surface area (Å²) in [6.07, 6.45) is 0.493. The van der Waals surface area contributed by atoms with Gasteiger partial charge >= 0.3 is 5.63 Å². The minimum absolute atomic E-state index is 0.0239. The average molecular weight is 218 g/mol. The lowest BCUT2D eigenvalue weighted by Gasteiger charge is -2.07. The van der Waals surface area contributed by atoms with E-state index in [4.69, 9.17) is 4.42 Å². The van der Waals surface area contributed by atoms with E-state index >= 15 is 0 Å². The monoisotopic (exact) mass is 218 g/mol. The zero-order valence-corrected chi connectivity index (χ0v) is 8.90. The number of hydrogen-bond donors (Lipinski definition) is 1. The van der Waals surface area contributed by atoms with Gasteiger partial charge in [0.1, 0.15) is 5.75 Å². The van der Waals surface area contributed by atoms with Crippen molar-refractivity contribution < 1.29 is 14.3 Å². The number of fused-ring (bicyclic) bond motifs is 1. The Morgan fingerprint density at radius 1 is 1.25 bits per heavy atom. The van der Waals surface area contributed by atoms with Crippen LogP contribution in [-0.4, -0.2) is 11.4 Å². The topological polar surface area (TPSA) is 67.5 Å². The Morgan fingerprint density at radius 3 is 2.56 bits per heavy atom. The first-order valence-corrected chi connectivity index (χ1v) is 4.77. The van der Waals surface area contributed by atoms with E-state index in [-0.39, 0.29) is 16.9 Å². The number of aldehydes is 1. The van der Waals surface area contributed by atoms with Crippen LogP contribution in [0.2, 0.25) is 0 Å². The number of aromatic hydroxyl groups is 1. The predicted octanol–water partition coefficient (Wildman–Crippen LogP) is 1.93. The molecule has 0 unspecified atom stereocenters. The minimum Gasteiger partial charge on any atom is -0.507 e. The molecule has 0 aliphatic carbocycles. The summed E-state index contributed by atoms with van der Waals surface area (Å²) in [5, 5.41) is 10.3. The molecule has 0 amide bonds. The predicted molar refractivity (Wildman–Crippen MR) is 59.0 cm³/mol. The normalized spacial score (nSPS) is 10.6. The lowest BCUT2D eigenvalue weighted by Crippen LogP contribution is -2.00. The molecule has 1 aromatic heterocycles. The van der Waals surface area contributed by atoms with Crippen molar-refractivity contribution in [2.75, 3.05) is 0 Å². The fourth-order valence-corrected chi connectivity index (χ4v) is 1.71. The van der Waals surface area contributed by atoms with E-state index in [2.05, 4.69) is 0 Å². The fourth-order valence-electron chi connectivity index (χ4n) is 1.71. The molecule has 0 radical (unpaired) electrons. The van der Waals surface area contributed by atoms with Gasteiger partial charge in [0.25, 0.3) is 0 Å². The molecule has 4 heteroatoms. The summed E-state index contributed by atoms with van der Waals surface area (Å²) >= 11 is 0. The number of rotatable bonds is 1. The molecule has 0 bridgehead atoms. The second kappa shape index (κ2) is 3.48. The summed E-state index contributed by atoms with van der Waals surface area (Å²) in [7, 11) is 0. The first-order chi connectivity index (χ1) is 7.54. The Labute approximate surface area is 91.1 Å². The van der Waals surface area contributed by atoms with Gasteiger partial charge in [-0.1, -0.05) is 0 Å². The number of hydrogen-bond acceptors (Lipinski definition) is 4. The van der Waals surface area contributed by atoms with Gasteiger partial charge in [0.05, 0.1) is 5.56 Å². The third-order valence-corrected chi connectivity index (χ3v) is 2.56. The molecule has 0 aliphatic heterocycles. The lowest BCUT2D eigenvalue weighted by molar-refractivity contribution is 0.112. The maximum Gasteiger partial charge on any atom is 0.336 e. The van der Waals surface area contributed by atoms with Crippen molar-refractivity contribution in [1.82, 2.24) is 0 Å². The first-order valence-electron chi connectivity index (χ1n) is 4.77. The number of phenols is 1. The SMILES string of the molecule is Cc1cc2c(C)cc(=O)oc2c(C=O)c1O. The Balaban J connectivity index is 3.08. The van der Waals surface area contributed by atoms with Crippen LogP contribution < -0.4 is 5.63 Å². The molecule has 0 saturated heterocycles. The van der Waals surface area contributed by atoms with Gasteiger partial charge in [-0.2, -0.15) is 0 Å². The molecular formula is C12H10O4.